The molecule has 0 aliphatic heterocycles. The zero-order valence-corrected chi connectivity index (χ0v) is 14.3. The van der Waals surface area contributed by atoms with Crippen LogP contribution < -0.4 is 5.73 Å². The maximum absolute atomic E-state index is 12.4. The fraction of sp³-hybridized carbons (Fsp3) is 0.200. The Balaban J connectivity index is 0.00000200. The molecule has 2 aromatic rings. The van der Waals surface area contributed by atoms with Crippen molar-refractivity contribution in [1.82, 2.24) is 4.98 Å². The van der Waals surface area contributed by atoms with Gasteiger partial charge in [0.05, 0.1) is 0 Å². The lowest BCUT2D eigenvalue weighted by molar-refractivity contribution is 0.0991. The number of alkyl halides is 1. The van der Waals surface area contributed by atoms with E-state index >= 15 is 0 Å². The molecule has 0 radical (unpaired) electrons. The number of nitrogens with two attached hydrogens (primary N) is 1. The summed E-state index contributed by atoms with van der Waals surface area (Å²) >= 11 is 3.44. The van der Waals surface area contributed by atoms with Crippen LogP contribution in [0.15, 0.2) is 42.6 Å². The van der Waals surface area contributed by atoms with Gasteiger partial charge in [-0.15, -0.1) is 17.0 Å². The zero-order valence-electron chi connectivity index (χ0n) is 11.0. The minimum Gasteiger partial charge on any atom is -0.384 e. The molecule has 0 aliphatic rings. The third-order valence-electron chi connectivity index (χ3n) is 2.95. The minimum atomic E-state index is -0.398. The van der Waals surface area contributed by atoms with Gasteiger partial charge in [-0.3, -0.25) is 4.79 Å². The second-order valence-corrected chi connectivity index (χ2v) is 5.21. The van der Waals surface area contributed by atoms with Gasteiger partial charge in [-0.05, 0) is 35.7 Å². The Hall–Kier alpha value is -1.20. The van der Waals surface area contributed by atoms with E-state index in [-0.39, 0.29) is 22.8 Å². The molecule has 0 fully saturated rings. The van der Waals surface area contributed by atoms with E-state index < -0.39 is 4.83 Å². The topological polar surface area (TPSA) is 56.0 Å². The molecule has 5 heteroatoms. The van der Waals surface area contributed by atoms with Crippen LogP contribution in [0.3, 0.4) is 0 Å². The number of benzene rings is 1. The van der Waals surface area contributed by atoms with Crippen LogP contribution >= 0.6 is 32.9 Å². The molecule has 0 amide bonds. The van der Waals surface area contributed by atoms with Crippen molar-refractivity contribution in [3.8, 4) is 0 Å². The van der Waals surface area contributed by atoms with Gasteiger partial charge in [0.15, 0.2) is 5.78 Å². The van der Waals surface area contributed by atoms with Crippen molar-refractivity contribution in [3.63, 3.8) is 0 Å². The highest BCUT2D eigenvalue weighted by atomic mass is 79.9. The van der Waals surface area contributed by atoms with Gasteiger partial charge in [0.2, 0.25) is 0 Å². The van der Waals surface area contributed by atoms with Gasteiger partial charge in [-0.1, -0.05) is 41.1 Å². The highest BCUT2D eigenvalue weighted by Gasteiger charge is 2.19. The highest BCUT2D eigenvalue weighted by molar-refractivity contribution is 9.09. The Morgan fingerprint density at radius 3 is 2.75 bits per heavy atom. The minimum absolute atomic E-state index is 0. The predicted molar refractivity (Wildman–Crippen MR) is 90.8 cm³/mol. The van der Waals surface area contributed by atoms with Crippen molar-refractivity contribution in [1.29, 1.82) is 0 Å². The molecule has 1 aromatic carbocycles. The average Bonchev–Trinajstić information content (AvgIpc) is 2.45. The van der Waals surface area contributed by atoms with E-state index in [1.165, 1.54) is 0 Å². The number of rotatable bonds is 4. The number of aryl methyl sites for hydroxylation is 1. The third kappa shape index (κ3) is 3.90. The molecule has 1 unspecified atom stereocenters. The molecule has 0 aliphatic carbocycles. The summed E-state index contributed by atoms with van der Waals surface area (Å²) in [6, 6.07) is 11.2. The molecule has 20 heavy (non-hydrogen) atoms. The molecule has 0 bridgehead atoms. The monoisotopic (exact) mass is 398 g/mol. The summed E-state index contributed by atoms with van der Waals surface area (Å²) in [7, 11) is 0. The predicted octanol–water partition coefficient (Wildman–Crippen LogP) is 4.12. The number of halogens is 2. The quantitative estimate of drug-likeness (QED) is 0.621. The summed E-state index contributed by atoms with van der Waals surface area (Å²) in [6.45, 7) is 2.07. The van der Waals surface area contributed by atoms with Crippen molar-refractivity contribution >= 4 is 44.5 Å². The molecular weight excluding hydrogens is 384 g/mol. The highest BCUT2D eigenvalue weighted by Crippen LogP contribution is 2.27. The smallest absolute Gasteiger partial charge is 0.180 e. The van der Waals surface area contributed by atoms with Gasteiger partial charge in [0.25, 0.3) is 0 Å². The van der Waals surface area contributed by atoms with Crippen molar-refractivity contribution in [3.05, 3.63) is 59.3 Å². The van der Waals surface area contributed by atoms with E-state index in [0.717, 1.165) is 17.5 Å². The van der Waals surface area contributed by atoms with E-state index in [0.29, 0.717) is 11.4 Å². The number of anilines is 1. The van der Waals surface area contributed by atoms with Crippen molar-refractivity contribution in [2.45, 2.75) is 18.2 Å². The summed E-state index contributed by atoms with van der Waals surface area (Å²) in [5.74, 6) is 0.443. The number of carbonyl (C=O) groups excluding carboxylic acids is 1. The maximum Gasteiger partial charge on any atom is 0.180 e. The van der Waals surface area contributed by atoms with E-state index in [1.807, 2.05) is 24.3 Å². The molecule has 3 nitrogen and oxygen atoms in total. The van der Waals surface area contributed by atoms with E-state index in [4.69, 9.17) is 5.73 Å². The lowest BCUT2D eigenvalue weighted by Gasteiger charge is -2.10. The molecule has 1 heterocycles. The molecule has 0 spiro atoms. The number of ketones is 1. The van der Waals surface area contributed by atoms with Gasteiger partial charge in [-0.25, -0.2) is 4.98 Å². The molecule has 2 N–H and O–H groups in total. The van der Waals surface area contributed by atoms with Gasteiger partial charge in [0.1, 0.15) is 10.6 Å². The first kappa shape index (κ1) is 16.9. The number of hydrogen-bond acceptors (Lipinski definition) is 3. The fourth-order valence-electron chi connectivity index (χ4n) is 1.87. The van der Waals surface area contributed by atoms with Crippen LogP contribution in [-0.2, 0) is 6.42 Å². The number of nitrogens with zero attached hydrogens (tertiary/aromatic N) is 1. The number of nitrogen functional groups attached to an aromatic ring is 1. The van der Waals surface area contributed by atoms with Crippen LogP contribution in [0.5, 0.6) is 0 Å². The van der Waals surface area contributed by atoms with Crippen molar-refractivity contribution in [2.24, 2.45) is 0 Å². The SMILES string of the molecule is Br.CCc1cccc(C(=O)C(Br)c2ccnc(N)c2)c1. The maximum atomic E-state index is 12.4. The second kappa shape index (κ2) is 7.55. The summed E-state index contributed by atoms with van der Waals surface area (Å²) in [5.41, 5.74) is 8.31. The normalized spacial score (nSPS) is 11.5. The van der Waals surface area contributed by atoms with Gasteiger partial charge in [-0.2, -0.15) is 0 Å². The van der Waals surface area contributed by atoms with Crippen LogP contribution in [-0.4, -0.2) is 10.8 Å². The largest absolute Gasteiger partial charge is 0.384 e. The standard InChI is InChI=1S/C15H15BrN2O.BrH/c1-2-10-4-3-5-12(8-10)15(19)14(16)11-6-7-18-13(17)9-11;/h3-9,14H,2H2,1H3,(H2,17,18);1H. The van der Waals surface area contributed by atoms with Crippen LogP contribution in [0.1, 0.15) is 33.2 Å². The third-order valence-corrected chi connectivity index (χ3v) is 3.89. The van der Waals surface area contributed by atoms with Gasteiger partial charge >= 0.3 is 0 Å². The molecule has 106 valence electrons. The van der Waals surface area contributed by atoms with Crippen molar-refractivity contribution in [2.75, 3.05) is 5.73 Å². The molecule has 2 rings (SSSR count). The first-order valence-electron chi connectivity index (χ1n) is 6.10. The first-order valence-corrected chi connectivity index (χ1v) is 7.02. The molecule has 1 aromatic heterocycles. The summed E-state index contributed by atoms with van der Waals surface area (Å²) in [4.78, 5) is 15.9. The molecular formula is C15H16Br2N2O. The van der Waals surface area contributed by atoms with Gasteiger partial charge < -0.3 is 5.73 Å². The Morgan fingerprint density at radius 2 is 2.10 bits per heavy atom. The van der Waals surface area contributed by atoms with E-state index in [9.17, 15) is 4.79 Å². The van der Waals surface area contributed by atoms with Crippen molar-refractivity contribution < 1.29 is 4.79 Å². The van der Waals surface area contributed by atoms with E-state index in [1.54, 1.807) is 18.3 Å². The number of Topliss-reactive ketones (excluding diaryl/α,β-unsaturated/α-hetero) is 1. The second-order valence-electron chi connectivity index (χ2n) is 4.29. The van der Waals surface area contributed by atoms with E-state index in [2.05, 4.69) is 27.8 Å². The lowest BCUT2D eigenvalue weighted by Crippen LogP contribution is -2.08. The fourth-order valence-corrected chi connectivity index (χ4v) is 2.41. The van der Waals surface area contributed by atoms with Gasteiger partial charge in [0, 0.05) is 11.8 Å². The molecule has 1 atom stereocenters. The van der Waals surface area contributed by atoms with Crippen LogP contribution in [0.25, 0.3) is 0 Å². The number of aromatic nitrogens is 1. The number of hydrogen-bond donors (Lipinski definition) is 1. The van der Waals surface area contributed by atoms with Crippen LogP contribution in [0.2, 0.25) is 0 Å². The summed E-state index contributed by atoms with van der Waals surface area (Å²) in [5, 5.41) is 0. The lowest BCUT2D eigenvalue weighted by atomic mass is 10.0. The van der Waals surface area contributed by atoms with Crippen LogP contribution in [0, 0.1) is 0 Å². The molecule has 0 saturated heterocycles. The Morgan fingerprint density at radius 1 is 1.35 bits per heavy atom. The number of pyridine rings is 1. The summed E-state index contributed by atoms with van der Waals surface area (Å²) < 4.78 is 0. The Labute approximate surface area is 137 Å². The molecule has 0 saturated carbocycles. The Bertz CT molecular complexity index is 602. The number of carbonyl (C=O) groups is 1. The Kier molecular flexibility index (Phi) is 6.36. The zero-order chi connectivity index (χ0) is 13.8. The van der Waals surface area contributed by atoms with Crippen LogP contribution in [0.4, 0.5) is 5.82 Å². The summed E-state index contributed by atoms with van der Waals surface area (Å²) in [6.07, 6.45) is 2.52. The average molecular weight is 400 g/mol. The first-order chi connectivity index (χ1) is 9.11.